The van der Waals surface area contributed by atoms with Crippen molar-refractivity contribution in [3.05, 3.63) is 71.1 Å². The number of hydrogen-bond acceptors (Lipinski definition) is 7. The quantitative estimate of drug-likeness (QED) is 0.387. The number of benzene rings is 1. The molecule has 4 aromatic rings. The van der Waals surface area contributed by atoms with Gasteiger partial charge in [-0.2, -0.15) is 0 Å². The average molecular weight is 450 g/mol. The van der Waals surface area contributed by atoms with E-state index in [1.165, 1.54) is 5.56 Å². The molecule has 3 heterocycles. The van der Waals surface area contributed by atoms with Gasteiger partial charge in [0.05, 0.1) is 23.2 Å². The molecular weight excluding hydrogens is 426 g/mol. The van der Waals surface area contributed by atoms with Crippen molar-refractivity contribution in [2.45, 2.75) is 20.0 Å². The number of rotatable bonds is 9. The van der Waals surface area contributed by atoms with Gasteiger partial charge in [0.25, 0.3) is 0 Å². The summed E-state index contributed by atoms with van der Waals surface area (Å²) in [7, 11) is 1.67. The number of hydrogen-bond donors (Lipinski definition) is 1. The van der Waals surface area contributed by atoms with Gasteiger partial charge in [0.1, 0.15) is 23.9 Å². The van der Waals surface area contributed by atoms with Crippen molar-refractivity contribution in [2.24, 2.45) is 0 Å². The van der Waals surface area contributed by atoms with Crippen LogP contribution in [0.15, 0.2) is 54.7 Å². The molecule has 0 atom stereocenters. The van der Waals surface area contributed by atoms with Gasteiger partial charge in [-0.05, 0) is 55.3 Å². The molecule has 0 aliphatic rings. The Labute approximate surface area is 191 Å². The van der Waals surface area contributed by atoms with Crippen molar-refractivity contribution in [3.8, 4) is 17.1 Å². The van der Waals surface area contributed by atoms with E-state index in [0.29, 0.717) is 47.6 Å². The first-order valence-corrected chi connectivity index (χ1v) is 10.8. The van der Waals surface area contributed by atoms with Gasteiger partial charge in [0, 0.05) is 19.3 Å². The molecule has 0 aliphatic carbocycles. The Morgan fingerprint density at radius 3 is 2.75 bits per heavy atom. The molecule has 0 radical (unpaired) electrons. The Hall–Kier alpha value is -3.29. The molecule has 7 nitrogen and oxygen atoms in total. The number of pyridine rings is 2. The zero-order chi connectivity index (χ0) is 22.3. The summed E-state index contributed by atoms with van der Waals surface area (Å²) in [5.41, 5.74) is 3.02. The first-order chi connectivity index (χ1) is 15.7. The number of anilines is 1. The van der Waals surface area contributed by atoms with Crippen LogP contribution in [-0.2, 0) is 17.8 Å². The minimum atomic E-state index is 0.313. The zero-order valence-corrected chi connectivity index (χ0v) is 18.8. The van der Waals surface area contributed by atoms with E-state index in [9.17, 15) is 0 Å². The number of aromatic nitrogens is 4. The van der Waals surface area contributed by atoms with Crippen molar-refractivity contribution < 1.29 is 9.47 Å². The lowest BCUT2D eigenvalue weighted by Gasteiger charge is -2.12. The standard InChI is InChI=1S/C24H24ClN5O2/c1-3-32-15-21-29-23(27-13-11-16-6-4-7-17(14-16)31-2)18-9-10-20(28-24(18)30-21)22-19(25)8-5-12-26-22/h4-10,12,14H,3,11,13,15H2,1-2H3,(H,27,28,29,30). The van der Waals surface area contributed by atoms with Crippen molar-refractivity contribution in [1.29, 1.82) is 0 Å². The number of fused-ring (bicyclic) bond motifs is 1. The maximum absolute atomic E-state index is 6.31. The summed E-state index contributed by atoms with van der Waals surface area (Å²) in [6.07, 6.45) is 2.51. The van der Waals surface area contributed by atoms with E-state index in [1.807, 2.05) is 37.3 Å². The van der Waals surface area contributed by atoms with Crippen LogP contribution in [0.5, 0.6) is 5.75 Å². The molecule has 1 N–H and O–H groups in total. The van der Waals surface area contributed by atoms with Gasteiger partial charge >= 0.3 is 0 Å². The fourth-order valence-corrected chi connectivity index (χ4v) is 3.53. The van der Waals surface area contributed by atoms with Gasteiger partial charge < -0.3 is 14.8 Å². The maximum atomic E-state index is 6.31. The van der Waals surface area contributed by atoms with Crippen LogP contribution in [0, 0.1) is 0 Å². The maximum Gasteiger partial charge on any atom is 0.165 e. The first-order valence-electron chi connectivity index (χ1n) is 10.4. The largest absolute Gasteiger partial charge is 0.497 e. The second-order valence-electron chi connectivity index (χ2n) is 7.06. The normalized spacial score (nSPS) is 11.0. The SMILES string of the molecule is CCOCc1nc(NCCc2cccc(OC)c2)c2ccc(-c3ncccc3Cl)nc2n1. The van der Waals surface area contributed by atoms with Crippen LogP contribution in [0.25, 0.3) is 22.4 Å². The zero-order valence-electron chi connectivity index (χ0n) is 18.0. The number of halogens is 1. The van der Waals surface area contributed by atoms with Crippen LogP contribution in [0.1, 0.15) is 18.3 Å². The second kappa shape index (κ2) is 10.3. The molecule has 3 aromatic heterocycles. The molecule has 0 aliphatic heterocycles. The molecule has 0 bridgehead atoms. The molecule has 32 heavy (non-hydrogen) atoms. The van der Waals surface area contributed by atoms with E-state index in [0.717, 1.165) is 23.4 Å². The van der Waals surface area contributed by atoms with Crippen molar-refractivity contribution in [2.75, 3.05) is 25.6 Å². The highest BCUT2D eigenvalue weighted by Crippen LogP contribution is 2.27. The van der Waals surface area contributed by atoms with Crippen LogP contribution in [0.3, 0.4) is 0 Å². The Kier molecular flexibility index (Phi) is 7.09. The minimum absolute atomic E-state index is 0.313. The Balaban J connectivity index is 1.63. The number of methoxy groups -OCH3 is 1. The van der Waals surface area contributed by atoms with Crippen molar-refractivity contribution in [3.63, 3.8) is 0 Å². The average Bonchev–Trinajstić information content (AvgIpc) is 2.82. The second-order valence-corrected chi connectivity index (χ2v) is 7.46. The topological polar surface area (TPSA) is 82.0 Å². The molecular formula is C24H24ClN5O2. The van der Waals surface area contributed by atoms with Gasteiger partial charge in [-0.15, -0.1) is 0 Å². The van der Waals surface area contributed by atoms with Gasteiger partial charge in [0.2, 0.25) is 0 Å². The Morgan fingerprint density at radius 2 is 1.94 bits per heavy atom. The lowest BCUT2D eigenvalue weighted by atomic mass is 10.1. The van der Waals surface area contributed by atoms with E-state index in [-0.39, 0.29) is 0 Å². The lowest BCUT2D eigenvalue weighted by Crippen LogP contribution is -2.10. The molecule has 0 fully saturated rings. The van der Waals surface area contributed by atoms with Gasteiger partial charge in [0.15, 0.2) is 11.5 Å². The van der Waals surface area contributed by atoms with Crippen LogP contribution in [0.4, 0.5) is 5.82 Å². The van der Waals surface area contributed by atoms with E-state index >= 15 is 0 Å². The van der Waals surface area contributed by atoms with Gasteiger partial charge in [-0.3, -0.25) is 4.98 Å². The van der Waals surface area contributed by atoms with E-state index in [1.54, 1.807) is 25.4 Å². The molecule has 4 rings (SSSR count). The number of nitrogens with zero attached hydrogens (tertiary/aromatic N) is 4. The predicted octanol–water partition coefficient (Wildman–Crippen LogP) is 4.94. The Morgan fingerprint density at radius 1 is 1.03 bits per heavy atom. The summed E-state index contributed by atoms with van der Waals surface area (Å²) in [6, 6.07) is 15.4. The fourth-order valence-electron chi connectivity index (χ4n) is 3.31. The van der Waals surface area contributed by atoms with Gasteiger partial charge in [-0.1, -0.05) is 23.7 Å². The predicted molar refractivity (Wildman–Crippen MR) is 126 cm³/mol. The highest BCUT2D eigenvalue weighted by atomic mass is 35.5. The monoisotopic (exact) mass is 449 g/mol. The third-order valence-electron chi connectivity index (χ3n) is 4.88. The third kappa shape index (κ3) is 5.12. The summed E-state index contributed by atoms with van der Waals surface area (Å²) >= 11 is 6.31. The third-order valence-corrected chi connectivity index (χ3v) is 5.19. The lowest BCUT2D eigenvalue weighted by molar-refractivity contribution is 0.128. The molecule has 0 spiro atoms. The van der Waals surface area contributed by atoms with Crippen LogP contribution >= 0.6 is 11.6 Å². The van der Waals surface area contributed by atoms with E-state index < -0.39 is 0 Å². The van der Waals surface area contributed by atoms with Crippen molar-refractivity contribution >= 4 is 28.5 Å². The molecule has 0 amide bonds. The molecule has 0 unspecified atom stereocenters. The Bertz CT molecular complexity index is 1220. The minimum Gasteiger partial charge on any atom is -0.497 e. The van der Waals surface area contributed by atoms with Crippen LogP contribution < -0.4 is 10.1 Å². The van der Waals surface area contributed by atoms with Crippen LogP contribution in [0.2, 0.25) is 5.02 Å². The highest BCUT2D eigenvalue weighted by Gasteiger charge is 2.13. The fraction of sp³-hybridized carbons (Fsp3) is 0.250. The first kappa shape index (κ1) is 21.9. The molecule has 0 saturated heterocycles. The smallest absolute Gasteiger partial charge is 0.165 e. The summed E-state index contributed by atoms with van der Waals surface area (Å²) in [5.74, 6) is 2.14. The molecule has 1 aromatic carbocycles. The molecule has 164 valence electrons. The van der Waals surface area contributed by atoms with E-state index in [4.69, 9.17) is 26.1 Å². The summed E-state index contributed by atoms with van der Waals surface area (Å²) in [6.45, 7) is 3.53. The van der Waals surface area contributed by atoms with E-state index in [2.05, 4.69) is 26.3 Å². The molecule has 8 heteroatoms. The summed E-state index contributed by atoms with van der Waals surface area (Å²) in [4.78, 5) is 18.3. The highest BCUT2D eigenvalue weighted by molar-refractivity contribution is 6.32. The summed E-state index contributed by atoms with van der Waals surface area (Å²) in [5, 5.41) is 4.80. The number of ether oxygens (including phenoxy) is 2. The number of nitrogens with one attached hydrogen (secondary N) is 1. The van der Waals surface area contributed by atoms with Crippen molar-refractivity contribution in [1.82, 2.24) is 19.9 Å². The summed E-state index contributed by atoms with van der Waals surface area (Å²) < 4.78 is 10.8. The molecule has 0 saturated carbocycles. The van der Waals surface area contributed by atoms with Gasteiger partial charge in [-0.25, -0.2) is 15.0 Å². The van der Waals surface area contributed by atoms with Crippen LogP contribution in [-0.4, -0.2) is 40.2 Å².